The van der Waals surface area contributed by atoms with E-state index in [2.05, 4.69) is 39.9 Å². The summed E-state index contributed by atoms with van der Waals surface area (Å²) in [6, 6.07) is 14.0. The van der Waals surface area contributed by atoms with Crippen molar-refractivity contribution in [2.75, 3.05) is 6.61 Å². The molecule has 2 aromatic carbocycles. The molecule has 1 aromatic heterocycles. The van der Waals surface area contributed by atoms with Gasteiger partial charge in [0.2, 0.25) is 0 Å². The van der Waals surface area contributed by atoms with Gasteiger partial charge in [-0.2, -0.15) is 8.75 Å². The molecule has 3 rings (SSSR count). The summed E-state index contributed by atoms with van der Waals surface area (Å²) in [4.78, 5) is 12.4. The highest BCUT2D eigenvalue weighted by Crippen LogP contribution is 2.26. The molecule has 0 N–H and O–H groups in total. The van der Waals surface area contributed by atoms with Crippen LogP contribution >= 0.6 is 11.7 Å². The average molecular weight is 326 g/mol. The van der Waals surface area contributed by atoms with Crippen LogP contribution in [0.5, 0.6) is 0 Å². The van der Waals surface area contributed by atoms with Gasteiger partial charge in [-0.3, -0.25) is 4.79 Å². The number of fused-ring (bicyclic) bond motifs is 1. The molecular weight excluding hydrogens is 308 g/mol. The van der Waals surface area contributed by atoms with Crippen molar-refractivity contribution < 1.29 is 9.53 Å². The fourth-order valence-electron chi connectivity index (χ4n) is 2.56. The maximum absolute atomic E-state index is 12.4. The van der Waals surface area contributed by atoms with Crippen molar-refractivity contribution in [3.63, 3.8) is 0 Å². The van der Waals surface area contributed by atoms with E-state index in [4.69, 9.17) is 4.74 Å². The second kappa shape index (κ2) is 6.87. The summed E-state index contributed by atoms with van der Waals surface area (Å²) >= 11 is 1.18. The molecule has 0 amide bonds. The first-order valence-electron chi connectivity index (χ1n) is 7.61. The van der Waals surface area contributed by atoms with Crippen LogP contribution in [0.4, 0.5) is 0 Å². The van der Waals surface area contributed by atoms with Crippen LogP contribution in [0, 0.1) is 6.92 Å². The summed E-state index contributed by atoms with van der Waals surface area (Å²) in [6.45, 7) is 4.26. The number of aromatic nitrogens is 2. The van der Waals surface area contributed by atoms with Crippen LogP contribution in [-0.2, 0) is 16.0 Å². The lowest BCUT2D eigenvalue weighted by Gasteiger charge is -2.16. The van der Waals surface area contributed by atoms with E-state index < -0.39 is 0 Å². The number of carbonyl (C=O) groups excluding carboxylic acids is 1. The second-order valence-electron chi connectivity index (χ2n) is 5.51. The number of benzene rings is 2. The number of carbonyl (C=O) groups is 1. The molecule has 23 heavy (non-hydrogen) atoms. The maximum Gasteiger partial charge on any atom is 0.313 e. The molecule has 1 unspecified atom stereocenters. The number of hydrogen-bond acceptors (Lipinski definition) is 5. The third kappa shape index (κ3) is 3.56. The van der Waals surface area contributed by atoms with Crippen LogP contribution < -0.4 is 0 Å². The molecule has 0 spiro atoms. The molecule has 0 fully saturated rings. The first-order valence-corrected chi connectivity index (χ1v) is 8.35. The van der Waals surface area contributed by atoms with Gasteiger partial charge in [0, 0.05) is 0 Å². The quantitative estimate of drug-likeness (QED) is 0.668. The third-order valence-corrected chi connectivity index (χ3v) is 4.37. The summed E-state index contributed by atoms with van der Waals surface area (Å²) in [5.41, 5.74) is 4.92. The maximum atomic E-state index is 12.4. The van der Waals surface area contributed by atoms with Gasteiger partial charge in [0.05, 0.1) is 24.3 Å². The predicted octanol–water partition coefficient (Wildman–Crippen LogP) is 3.89. The first kappa shape index (κ1) is 15.6. The van der Waals surface area contributed by atoms with Crippen molar-refractivity contribution in [3.05, 3.63) is 59.2 Å². The van der Waals surface area contributed by atoms with Gasteiger partial charge in [-0.25, -0.2) is 0 Å². The van der Waals surface area contributed by atoms with Crippen molar-refractivity contribution >= 4 is 28.7 Å². The number of ether oxygens (including phenoxy) is 1. The molecule has 1 atom stereocenters. The van der Waals surface area contributed by atoms with Crippen LogP contribution in [0.15, 0.2) is 42.5 Å². The highest BCUT2D eigenvalue weighted by atomic mass is 32.1. The van der Waals surface area contributed by atoms with Crippen LogP contribution in [0.3, 0.4) is 0 Å². The largest absolute Gasteiger partial charge is 0.466 e. The zero-order chi connectivity index (χ0) is 16.2. The number of rotatable bonds is 5. The molecule has 0 aliphatic rings. The Labute approximate surface area is 139 Å². The van der Waals surface area contributed by atoms with Crippen LogP contribution in [-0.4, -0.2) is 21.3 Å². The van der Waals surface area contributed by atoms with Crippen LogP contribution in [0.25, 0.3) is 11.0 Å². The van der Waals surface area contributed by atoms with Crippen molar-refractivity contribution in [1.29, 1.82) is 0 Å². The van der Waals surface area contributed by atoms with Gasteiger partial charge in [-0.15, -0.1) is 0 Å². The number of hydrogen-bond donors (Lipinski definition) is 0. The van der Waals surface area contributed by atoms with E-state index in [0.29, 0.717) is 13.0 Å². The normalized spacial score (nSPS) is 12.3. The van der Waals surface area contributed by atoms with E-state index in [0.717, 1.165) is 22.2 Å². The van der Waals surface area contributed by atoms with E-state index in [1.165, 1.54) is 17.3 Å². The van der Waals surface area contributed by atoms with Gasteiger partial charge in [0.1, 0.15) is 11.0 Å². The van der Waals surface area contributed by atoms with Gasteiger partial charge in [0.25, 0.3) is 0 Å². The average Bonchev–Trinajstić information content (AvgIpc) is 3.02. The molecule has 0 aliphatic carbocycles. The monoisotopic (exact) mass is 326 g/mol. The fraction of sp³-hybridized carbons (Fsp3) is 0.278. The van der Waals surface area contributed by atoms with Gasteiger partial charge < -0.3 is 4.74 Å². The second-order valence-corrected chi connectivity index (χ2v) is 6.04. The molecule has 0 bridgehead atoms. The van der Waals surface area contributed by atoms with Gasteiger partial charge in [-0.1, -0.05) is 35.9 Å². The Balaban J connectivity index is 1.93. The van der Waals surface area contributed by atoms with E-state index in [1.54, 1.807) is 0 Å². The number of nitrogens with zero attached hydrogens (tertiary/aromatic N) is 2. The van der Waals surface area contributed by atoms with Gasteiger partial charge >= 0.3 is 5.97 Å². The van der Waals surface area contributed by atoms with Crippen molar-refractivity contribution in [2.24, 2.45) is 0 Å². The van der Waals surface area contributed by atoms with E-state index in [-0.39, 0.29) is 11.9 Å². The zero-order valence-corrected chi connectivity index (χ0v) is 14.0. The Bertz CT molecular complexity index is 811. The van der Waals surface area contributed by atoms with E-state index >= 15 is 0 Å². The summed E-state index contributed by atoms with van der Waals surface area (Å²) < 4.78 is 13.7. The van der Waals surface area contributed by atoms with Crippen LogP contribution in [0.2, 0.25) is 0 Å². The Morgan fingerprint density at radius 1 is 1.13 bits per heavy atom. The lowest BCUT2D eigenvalue weighted by atomic mass is 9.91. The lowest BCUT2D eigenvalue weighted by molar-refractivity contribution is -0.144. The number of esters is 1. The Kier molecular flexibility index (Phi) is 4.67. The van der Waals surface area contributed by atoms with Crippen molar-refractivity contribution in [2.45, 2.75) is 26.2 Å². The van der Waals surface area contributed by atoms with Gasteiger partial charge in [0.15, 0.2) is 0 Å². The molecule has 3 aromatic rings. The van der Waals surface area contributed by atoms with E-state index in [9.17, 15) is 4.79 Å². The molecule has 118 valence electrons. The molecule has 1 heterocycles. The van der Waals surface area contributed by atoms with E-state index in [1.807, 2.05) is 25.1 Å². The highest BCUT2D eigenvalue weighted by Gasteiger charge is 2.23. The Hall–Kier alpha value is -2.27. The third-order valence-electron chi connectivity index (χ3n) is 3.81. The molecule has 4 nitrogen and oxygen atoms in total. The summed E-state index contributed by atoms with van der Waals surface area (Å²) in [6.07, 6.45) is 0.613. The molecule has 0 saturated carbocycles. The molecule has 5 heteroatoms. The Morgan fingerprint density at radius 2 is 1.87 bits per heavy atom. The SMILES string of the molecule is CCOC(=O)C(Cc1ccc(C)cc1)c1ccc2nsnc2c1. The minimum absolute atomic E-state index is 0.199. The minimum atomic E-state index is -0.330. The lowest BCUT2D eigenvalue weighted by Crippen LogP contribution is -2.18. The zero-order valence-electron chi connectivity index (χ0n) is 13.2. The first-order chi connectivity index (χ1) is 11.2. The van der Waals surface area contributed by atoms with Crippen LogP contribution in [0.1, 0.15) is 29.5 Å². The molecule has 0 saturated heterocycles. The van der Waals surface area contributed by atoms with Crippen molar-refractivity contribution in [3.8, 4) is 0 Å². The minimum Gasteiger partial charge on any atom is -0.466 e. The highest BCUT2D eigenvalue weighted by molar-refractivity contribution is 7.00. The fourth-order valence-corrected chi connectivity index (χ4v) is 3.07. The van der Waals surface area contributed by atoms with Gasteiger partial charge in [-0.05, 0) is 43.5 Å². The molecule has 0 radical (unpaired) electrons. The standard InChI is InChI=1S/C18H18N2O2S/c1-3-22-18(21)15(10-13-6-4-12(2)5-7-13)14-8-9-16-17(11-14)20-23-19-16/h4-9,11,15H,3,10H2,1-2H3. The number of aryl methyl sites for hydroxylation is 1. The van der Waals surface area contributed by atoms with Crippen molar-refractivity contribution in [1.82, 2.24) is 8.75 Å². The topological polar surface area (TPSA) is 52.1 Å². The molecular formula is C18H18N2O2S. The summed E-state index contributed by atoms with van der Waals surface area (Å²) in [7, 11) is 0. The molecule has 0 aliphatic heterocycles. The smallest absolute Gasteiger partial charge is 0.313 e. The summed E-state index contributed by atoms with van der Waals surface area (Å²) in [5, 5.41) is 0. The summed E-state index contributed by atoms with van der Waals surface area (Å²) in [5.74, 6) is -0.528. The Morgan fingerprint density at radius 3 is 2.61 bits per heavy atom. The predicted molar refractivity (Wildman–Crippen MR) is 91.7 cm³/mol.